The lowest BCUT2D eigenvalue weighted by molar-refractivity contribution is -0.136. The van der Waals surface area contributed by atoms with Crippen molar-refractivity contribution in [1.82, 2.24) is 5.32 Å². The first-order valence-corrected chi connectivity index (χ1v) is 11.9. The molecule has 184 valence electrons. The van der Waals surface area contributed by atoms with Crippen molar-refractivity contribution < 1.29 is 19.4 Å². The Morgan fingerprint density at radius 1 is 1.06 bits per heavy atom. The maximum atomic E-state index is 12.8. The van der Waals surface area contributed by atoms with E-state index in [9.17, 15) is 14.7 Å². The summed E-state index contributed by atoms with van der Waals surface area (Å²) in [5, 5.41) is 13.9. The van der Waals surface area contributed by atoms with Gasteiger partial charge >= 0.3 is 5.97 Å². The quantitative estimate of drug-likeness (QED) is 0.270. The standard InChI is InChI=1S/C29H34N2O4/c1-19(2)27(30)29(34)35-24-14-11-20(12-15-24)13-16-26(32)25-6-4-5-23(28(25)33)17-21-7-9-22(10-8-21)18-31-3/h7-17,19,27,31,33H,4-6,18,30H2,1-3H3/b16-13+,23-17+. The highest BCUT2D eigenvalue weighted by Crippen LogP contribution is 2.30. The summed E-state index contributed by atoms with van der Waals surface area (Å²) < 4.78 is 5.30. The number of ketones is 1. The minimum atomic E-state index is -0.680. The number of hydrogen-bond acceptors (Lipinski definition) is 6. The molecule has 1 atom stereocenters. The Bertz CT molecular complexity index is 1130. The Kier molecular flexibility index (Phi) is 9.18. The second-order valence-electron chi connectivity index (χ2n) is 9.08. The van der Waals surface area contributed by atoms with E-state index >= 15 is 0 Å². The summed E-state index contributed by atoms with van der Waals surface area (Å²) >= 11 is 0. The Labute approximate surface area is 207 Å². The predicted molar refractivity (Wildman–Crippen MR) is 140 cm³/mol. The average molecular weight is 475 g/mol. The molecular formula is C29H34N2O4. The van der Waals surface area contributed by atoms with Gasteiger partial charge < -0.3 is 20.9 Å². The zero-order chi connectivity index (χ0) is 25.4. The van der Waals surface area contributed by atoms with Crippen LogP contribution in [0, 0.1) is 5.92 Å². The summed E-state index contributed by atoms with van der Waals surface area (Å²) in [6.07, 6.45) is 7.17. The Morgan fingerprint density at radius 3 is 2.34 bits per heavy atom. The normalized spacial score (nSPS) is 16.2. The monoisotopic (exact) mass is 474 g/mol. The maximum Gasteiger partial charge on any atom is 0.328 e. The molecule has 0 bridgehead atoms. The summed E-state index contributed by atoms with van der Waals surface area (Å²) in [6, 6.07) is 14.3. The first-order valence-electron chi connectivity index (χ1n) is 11.9. The van der Waals surface area contributed by atoms with Crippen LogP contribution < -0.4 is 15.8 Å². The lowest BCUT2D eigenvalue weighted by atomic mass is 9.89. The Balaban J connectivity index is 1.68. The van der Waals surface area contributed by atoms with Crippen LogP contribution in [0.3, 0.4) is 0 Å². The van der Waals surface area contributed by atoms with E-state index in [1.807, 2.05) is 51.2 Å². The van der Waals surface area contributed by atoms with Gasteiger partial charge in [0, 0.05) is 12.1 Å². The van der Waals surface area contributed by atoms with E-state index in [-0.39, 0.29) is 17.5 Å². The molecule has 3 rings (SSSR count). The van der Waals surface area contributed by atoms with Crippen molar-refractivity contribution >= 4 is 23.9 Å². The first-order chi connectivity index (χ1) is 16.8. The third-order valence-electron chi connectivity index (χ3n) is 5.98. The molecule has 0 radical (unpaired) electrons. The average Bonchev–Trinajstić information content (AvgIpc) is 2.85. The van der Waals surface area contributed by atoms with Crippen molar-refractivity contribution in [1.29, 1.82) is 0 Å². The minimum Gasteiger partial charge on any atom is -0.507 e. The fourth-order valence-corrected chi connectivity index (χ4v) is 3.78. The molecule has 6 nitrogen and oxygen atoms in total. The molecule has 0 saturated heterocycles. The van der Waals surface area contributed by atoms with Crippen LogP contribution in [0.1, 0.15) is 49.8 Å². The highest BCUT2D eigenvalue weighted by Gasteiger charge is 2.21. The molecule has 1 unspecified atom stereocenters. The number of rotatable bonds is 9. The molecule has 0 aliphatic heterocycles. The smallest absolute Gasteiger partial charge is 0.328 e. The minimum absolute atomic E-state index is 0.0134. The van der Waals surface area contributed by atoms with Crippen LogP contribution in [-0.2, 0) is 16.1 Å². The number of allylic oxidation sites excluding steroid dienone is 3. The molecule has 2 aromatic rings. The first kappa shape index (κ1) is 26.1. The zero-order valence-corrected chi connectivity index (χ0v) is 20.6. The molecule has 0 spiro atoms. The number of benzene rings is 2. The second kappa shape index (κ2) is 12.3. The van der Waals surface area contributed by atoms with Crippen LogP contribution in [0.2, 0.25) is 0 Å². The number of nitrogens with one attached hydrogen (secondary N) is 1. The van der Waals surface area contributed by atoms with Gasteiger partial charge in [-0.1, -0.05) is 56.3 Å². The third kappa shape index (κ3) is 7.25. The van der Waals surface area contributed by atoms with Gasteiger partial charge in [0.05, 0.1) is 0 Å². The number of ether oxygens (including phenoxy) is 1. The number of aliphatic hydroxyl groups is 1. The highest BCUT2D eigenvalue weighted by atomic mass is 16.5. The topological polar surface area (TPSA) is 102 Å². The van der Waals surface area contributed by atoms with Crippen LogP contribution in [0.25, 0.3) is 12.2 Å². The van der Waals surface area contributed by atoms with Crippen LogP contribution in [0.5, 0.6) is 5.75 Å². The highest BCUT2D eigenvalue weighted by molar-refractivity contribution is 6.07. The molecule has 6 heteroatoms. The molecule has 1 aliphatic carbocycles. The second-order valence-corrected chi connectivity index (χ2v) is 9.08. The van der Waals surface area contributed by atoms with Crippen LogP contribution >= 0.6 is 0 Å². The molecule has 0 heterocycles. The van der Waals surface area contributed by atoms with Crippen LogP contribution in [0.15, 0.2) is 71.5 Å². The van der Waals surface area contributed by atoms with Crippen LogP contribution in [0.4, 0.5) is 0 Å². The van der Waals surface area contributed by atoms with E-state index in [0.717, 1.165) is 36.1 Å². The molecule has 1 aliphatic rings. The lowest BCUT2D eigenvalue weighted by Gasteiger charge is -2.17. The van der Waals surface area contributed by atoms with E-state index in [1.165, 1.54) is 11.6 Å². The van der Waals surface area contributed by atoms with E-state index in [2.05, 4.69) is 5.32 Å². The van der Waals surface area contributed by atoms with Gasteiger partial charge in [-0.3, -0.25) is 4.79 Å². The zero-order valence-electron chi connectivity index (χ0n) is 20.6. The van der Waals surface area contributed by atoms with Crippen molar-refractivity contribution in [2.24, 2.45) is 11.7 Å². The van der Waals surface area contributed by atoms with Crippen LogP contribution in [-0.4, -0.2) is 29.9 Å². The van der Waals surface area contributed by atoms with Gasteiger partial charge in [0.15, 0.2) is 5.78 Å². The number of carbonyl (C=O) groups excluding carboxylic acids is 2. The van der Waals surface area contributed by atoms with Crippen molar-refractivity contribution in [2.75, 3.05) is 7.05 Å². The Hall–Kier alpha value is -3.48. The summed E-state index contributed by atoms with van der Waals surface area (Å²) in [5.41, 5.74) is 9.98. The SMILES string of the molecule is CNCc1ccc(/C=C2\CCCC(C(=O)/C=C/c3ccc(OC(=O)C(N)C(C)C)cc3)=C2O)cc1. The van der Waals surface area contributed by atoms with E-state index < -0.39 is 12.0 Å². The van der Waals surface area contributed by atoms with Crippen molar-refractivity contribution in [3.63, 3.8) is 0 Å². The predicted octanol–water partition coefficient (Wildman–Crippen LogP) is 4.96. The number of nitrogens with two attached hydrogens (primary N) is 1. The Morgan fingerprint density at radius 2 is 1.71 bits per heavy atom. The molecule has 0 aromatic heterocycles. The largest absolute Gasteiger partial charge is 0.507 e. The van der Waals surface area contributed by atoms with E-state index in [0.29, 0.717) is 17.7 Å². The molecule has 0 fully saturated rings. The van der Waals surface area contributed by atoms with Gasteiger partial charge in [-0.05, 0) is 78.8 Å². The van der Waals surface area contributed by atoms with E-state index in [1.54, 1.807) is 30.3 Å². The fourth-order valence-electron chi connectivity index (χ4n) is 3.78. The maximum absolute atomic E-state index is 12.8. The van der Waals surface area contributed by atoms with Crippen molar-refractivity contribution in [3.8, 4) is 5.75 Å². The summed E-state index contributed by atoms with van der Waals surface area (Å²) in [5.74, 6) is -0.225. The van der Waals surface area contributed by atoms with E-state index in [4.69, 9.17) is 10.5 Å². The number of carbonyl (C=O) groups is 2. The summed E-state index contributed by atoms with van der Waals surface area (Å²) in [7, 11) is 1.91. The molecule has 0 saturated carbocycles. The summed E-state index contributed by atoms with van der Waals surface area (Å²) in [6.45, 7) is 4.52. The fraction of sp³-hybridized carbons (Fsp3) is 0.310. The lowest BCUT2D eigenvalue weighted by Crippen LogP contribution is -2.38. The van der Waals surface area contributed by atoms with Crippen molar-refractivity contribution in [3.05, 3.63) is 88.2 Å². The van der Waals surface area contributed by atoms with Gasteiger partial charge in [-0.25, -0.2) is 4.79 Å². The van der Waals surface area contributed by atoms with Gasteiger partial charge in [-0.2, -0.15) is 0 Å². The molecule has 2 aromatic carbocycles. The van der Waals surface area contributed by atoms with Gasteiger partial charge in [0.2, 0.25) is 0 Å². The molecular weight excluding hydrogens is 440 g/mol. The number of hydrogen-bond donors (Lipinski definition) is 3. The number of aliphatic hydroxyl groups excluding tert-OH is 1. The van der Waals surface area contributed by atoms with Gasteiger partial charge in [0.25, 0.3) is 0 Å². The summed E-state index contributed by atoms with van der Waals surface area (Å²) in [4.78, 5) is 24.8. The van der Waals surface area contributed by atoms with Gasteiger partial charge in [-0.15, -0.1) is 0 Å². The molecule has 0 amide bonds. The molecule has 4 N–H and O–H groups in total. The van der Waals surface area contributed by atoms with Crippen molar-refractivity contribution in [2.45, 2.75) is 45.7 Å². The number of esters is 1. The third-order valence-corrected chi connectivity index (χ3v) is 5.98. The molecule has 35 heavy (non-hydrogen) atoms. The van der Waals surface area contributed by atoms with Gasteiger partial charge in [0.1, 0.15) is 17.6 Å².